The fourth-order valence-corrected chi connectivity index (χ4v) is 4.16. The smallest absolute Gasteiger partial charge is 0.305 e. The topological polar surface area (TPSA) is 57.6 Å². The van der Waals surface area contributed by atoms with Crippen LogP contribution < -0.4 is 0 Å². The number of carbonyl (C=O) groups is 2. The zero-order valence-electron chi connectivity index (χ0n) is 13.8. The normalized spacial score (nSPS) is 15.5. The van der Waals surface area contributed by atoms with Crippen LogP contribution in [0.25, 0.3) is 0 Å². The third kappa shape index (κ3) is 4.22. The van der Waals surface area contributed by atoms with Gasteiger partial charge >= 0.3 is 5.97 Å². The first kappa shape index (κ1) is 18.4. The van der Waals surface area contributed by atoms with E-state index in [1.54, 1.807) is 0 Å². The molecule has 0 aliphatic carbocycles. The van der Waals surface area contributed by atoms with Gasteiger partial charge in [0.05, 0.1) is 11.7 Å². The lowest BCUT2D eigenvalue weighted by atomic mass is 10.1. The fourth-order valence-electron chi connectivity index (χ4n) is 2.88. The maximum Gasteiger partial charge on any atom is 0.305 e. The van der Waals surface area contributed by atoms with E-state index in [9.17, 15) is 18.4 Å². The highest BCUT2D eigenvalue weighted by molar-refractivity contribution is 8.01. The largest absolute Gasteiger partial charge is 0.481 e. The number of benzene rings is 2. The van der Waals surface area contributed by atoms with E-state index in [0.29, 0.717) is 12.0 Å². The van der Waals surface area contributed by atoms with Gasteiger partial charge in [0.25, 0.3) is 0 Å². The lowest BCUT2D eigenvalue weighted by Crippen LogP contribution is -2.38. The van der Waals surface area contributed by atoms with Gasteiger partial charge in [-0.3, -0.25) is 9.59 Å². The lowest BCUT2D eigenvalue weighted by molar-refractivity contribution is -0.138. The van der Waals surface area contributed by atoms with Crippen molar-refractivity contribution in [2.45, 2.75) is 29.5 Å². The second kappa shape index (κ2) is 7.86. The number of nitrogens with zero attached hydrogens (tertiary/aromatic N) is 1. The van der Waals surface area contributed by atoms with Gasteiger partial charge in [0, 0.05) is 18.0 Å². The number of carbonyl (C=O) groups excluding carboxylic acids is 1. The molecule has 1 amide bonds. The van der Waals surface area contributed by atoms with Crippen LogP contribution in [-0.2, 0) is 22.6 Å². The average Bonchev–Trinajstić information content (AvgIpc) is 3.05. The van der Waals surface area contributed by atoms with Crippen molar-refractivity contribution in [1.82, 2.24) is 4.90 Å². The monoisotopic (exact) mass is 377 g/mol. The van der Waals surface area contributed by atoms with E-state index in [-0.39, 0.29) is 30.7 Å². The summed E-state index contributed by atoms with van der Waals surface area (Å²) in [6.07, 6.45) is 0.362. The molecule has 0 radical (unpaired) electrons. The quantitative estimate of drug-likeness (QED) is 0.837. The summed E-state index contributed by atoms with van der Waals surface area (Å²) in [6, 6.07) is 11.2. The molecule has 1 aliphatic heterocycles. The molecule has 0 saturated carbocycles. The van der Waals surface area contributed by atoms with Gasteiger partial charge in [-0.2, -0.15) is 0 Å². The SMILES string of the molecule is O=C(O)CCN(Cc1ccc(F)c(F)c1)C(=O)C1Cc2ccccc2S1. The van der Waals surface area contributed by atoms with Crippen LogP contribution in [0.2, 0.25) is 0 Å². The van der Waals surface area contributed by atoms with E-state index in [1.807, 2.05) is 24.3 Å². The summed E-state index contributed by atoms with van der Waals surface area (Å²) >= 11 is 1.45. The molecule has 136 valence electrons. The van der Waals surface area contributed by atoms with Crippen LogP contribution in [0.5, 0.6) is 0 Å². The average molecular weight is 377 g/mol. The molecule has 1 N–H and O–H groups in total. The number of fused-ring (bicyclic) bond motifs is 1. The predicted octanol–water partition coefficient (Wildman–Crippen LogP) is 3.49. The van der Waals surface area contributed by atoms with Gasteiger partial charge < -0.3 is 10.0 Å². The first-order chi connectivity index (χ1) is 12.4. The number of halogens is 2. The second-order valence-corrected chi connectivity index (χ2v) is 7.31. The number of aliphatic carboxylic acids is 1. The van der Waals surface area contributed by atoms with E-state index < -0.39 is 17.6 Å². The van der Waals surface area contributed by atoms with Gasteiger partial charge in [0.15, 0.2) is 11.6 Å². The Hall–Kier alpha value is -2.41. The Morgan fingerprint density at radius 2 is 1.92 bits per heavy atom. The van der Waals surface area contributed by atoms with Crippen molar-refractivity contribution in [3.8, 4) is 0 Å². The molecule has 2 aromatic rings. The van der Waals surface area contributed by atoms with Gasteiger partial charge in [-0.05, 0) is 35.7 Å². The van der Waals surface area contributed by atoms with Crippen LogP contribution in [-0.4, -0.2) is 33.7 Å². The Labute approximate surface area is 153 Å². The predicted molar refractivity (Wildman–Crippen MR) is 93.8 cm³/mol. The number of amides is 1. The third-order valence-electron chi connectivity index (χ3n) is 4.19. The summed E-state index contributed by atoms with van der Waals surface area (Å²) in [7, 11) is 0. The van der Waals surface area contributed by atoms with Gasteiger partial charge in [0.2, 0.25) is 5.91 Å². The molecule has 0 fully saturated rings. The molecule has 0 aromatic heterocycles. The zero-order valence-corrected chi connectivity index (χ0v) is 14.6. The van der Waals surface area contributed by atoms with Crippen molar-refractivity contribution in [3.05, 3.63) is 65.2 Å². The van der Waals surface area contributed by atoms with E-state index in [0.717, 1.165) is 22.6 Å². The van der Waals surface area contributed by atoms with Gasteiger partial charge in [-0.15, -0.1) is 11.8 Å². The zero-order chi connectivity index (χ0) is 18.7. The Balaban J connectivity index is 1.76. The number of carboxylic acids is 1. The molecule has 1 heterocycles. The molecule has 3 rings (SSSR count). The summed E-state index contributed by atoms with van der Waals surface area (Å²) in [5.41, 5.74) is 1.50. The fraction of sp³-hybridized carbons (Fsp3) is 0.263. The summed E-state index contributed by atoms with van der Waals surface area (Å²) in [5.74, 6) is -3.16. The maximum atomic E-state index is 13.4. The Bertz CT molecular complexity index is 818. The van der Waals surface area contributed by atoms with Crippen molar-refractivity contribution >= 4 is 23.6 Å². The number of hydrogen-bond acceptors (Lipinski definition) is 3. The first-order valence-electron chi connectivity index (χ1n) is 8.13. The molecule has 1 unspecified atom stereocenters. The Morgan fingerprint density at radius 3 is 2.62 bits per heavy atom. The van der Waals surface area contributed by atoms with Gasteiger partial charge in [-0.25, -0.2) is 8.78 Å². The first-order valence-corrected chi connectivity index (χ1v) is 9.01. The highest BCUT2D eigenvalue weighted by atomic mass is 32.2. The Kier molecular flexibility index (Phi) is 5.56. The molecule has 1 atom stereocenters. The minimum absolute atomic E-state index is 0.0145. The van der Waals surface area contributed by atoms with Crippen molar-refractivity contribution in [2.75, 3.05) is 6.54 Å². The lowest BCUT2D eigenvalue weighted by Gasteiger charge is -2.25. The minimum Gasteiger partial charge on any atom is -0.481 e. The minimum atomic E-state index is -1.02. The van der Waals surface area contributed by atoms with Gasteiger partial charge in [-0.1, -0.05) is 24.3 Å². The molecule has 1 aliphatic rings. The molecule has 26 heavy (non-hydrogen) atoms. The highest BCUT2D eigenvalue weighted by Crippen LogP contribution is 2.37. The molecular formula is C19H17F2NO3S. The van der Waals surface area contributed by atoms with Gasteiger partial charge in [0.1, 0.15) is 0 Å². The summed E-state index contributed by atoms with van der Waals surface area (Å²) in [5, 5.41) is 8.60. The summed E-state index contributed by atoms with van der Waals surface area (Å²) in [6.45, 7) is 0.0529. The standard InChI is InChI=1S/C19H17F2NO3S/c20-14-6-5-12(9-15(14)21)11-22(8-7-18(23)24)19(25)17-10-13-3-1-2-4-16(13)26-17/h1-6,9,17H,7-8,10-11H2,(H,23,24). The van der Waals surface area contributed by atoms with Crippen LogP contribution in [0.1, 0.15) is 17.5 Å². The molecule has 2 aromatic carbocycles. The number of thioether (sulfide) groups is 1. The van der Waals surface area contributed by atoms with Crippen LogP contribution in [0, 0.1) is 11.6 Å². The highest BCUT2D eigenvalue weighted by Gasteiger charge is 2.31. The summed E-state index contributed by atoms with van der Waals surface area (Å²) in [4.78, 5) is 26.3. The van der Waals surface area contributed by atoms with E-state index in [4.69, 9.17) is 5.11 Å². The molecule has 7 heteroatoms. The maximum absolute atomic E-state index is 13.4. The van der Waals surface area contributed by atoms with Crippen LogP contribution >= 0.6 is 11.8 Å². The van der Waals surface area contributed by atoms with E-state index >= 15 is 0 Å². The molecular weight excluding hydrogens is 360 g/mol. The van der Waals surface area contributed by atoms with Crippen molar-refractivity contribution in [3.63, 3.8) is 0 Å². The van der Waals surface area contributed by atoms with Crippen molar-refractivity contribution in [1.29, 1.82) is 0 Å². The molecule has 0 bridgehead atoms. The van der Waals surface area contributed by atoms with Crippen LogP contribution in [0.4, 0.5) is 8.78 Å². The second-order valence-electron chi connectivity index (χ2n) is 6.07. The van der Waals surface area contributed by atoms with Crippen LogP contribution in [0.3, 0.4) is 0 Å². The number of hydrogen-bond donors (Lipinski definition) is 1. The van der Waals surface area contributed by atoms with E-state index in [2.05, 4.69) is 0 Å². The molecule has 0 saturated heterocycles. The number of carboxylic acid groups (broad SMARTS) is 1. The van der Waals surface area contributed by atoms with Crippen LogP contribution in [0.15, 0.2) is 47.4 Å². The van der Waals surface area contributed by atoms with E-state index in [1.165, 1.54) is 22.7 Å². The molecule has 0 spiro atoms. The summed E-state index contributed by atoms with van der Waals surface area (Å²) < 4.78 is 26.6. The number of rotatable bonds is 6. The Morgan fingerprint density at radius 1 is 1.15 bits per heavy atom. The molecule has 4 nitrogen and oxygen atoms in total. The van der Waals surface area contributed by atoms with Crippen molar-refractivity contribution < 1.29 is 23.5 Å². The third-order valence-corrected chi connectivity index (χ3v) is 5.49. The van der Waals surface area contributed by atoms with Crippen molar-refractivity contribution in [2.24, 2.45) is 0 Å².